The van der Waals surface area contributed by atoms with Crippen molar-refractivity contribution in [1.82, 2.24) is 4.90 Å². The average molecular weight is 394 g/mol. The van der Waals surface area contributed by atoms with E-state index in [1.807, 2.05) is 49.4 Å². The maximum absolute atomic E-state index is 12.7. The standard InChI is InChI=1S/C23H26N2O4/c1-17-9-11-19(12-10-17)24-20(26)15-25(2)21(27)16-29-22(28)23(13-6-14-23)18-7-4-3-5-8-18/h3-5,7-12H,6,13-16H2,1-2H3,(H,24,26). The fraction of sp³-hybridized carbons (Fsp3) is 0.348. The van der Waals surface area contributed by atoms with E-state index in [4.69, 9.17) is 4.74 Å². The summed E-state index contributed by atoms with van der Waals surface area (Å²) in [7, 11) is 1.52. The molecule has 29 heavy (non-hydrogen) atoms. The highest BCUT2D eigenvalue weighted by Crippen LogP contribution is 2.44. The number of esters is 1. The molecular formula is C23H26N2O4. The van der Waals surface area contributed by atoms with Crippen LogP contribution in [0, 0.1) is 6.92 Å². The summed E-state index contributed by atoms with van der Waals surface area (Å²) in [5.41, 5.74) is 2.04. The van der Waals surface area contributed by atoms with E-state index in [1.54, 1.807) is 12.1 Å². The number of nitrogens with one attached hydrogen (secondary N) is 1. The smallest absolute Gasteiger partial charge is 0.317 e. The van der Waals surface area contributed by atoms with E-state index in [0.29, 0.717) is 5.69 Å². The summed E-state index contributed by atoms with van der Waals surface area (Å²) in [5, 5.41) is 2.74. The van der Waals surface area contributed by atoms with Crippen molar-refractivity contribution >= 4 is 23.5 Å². The number of carbonyl (C=O) groups is 3. The highest BCUT2D eigenvalue weighted by Gasteiger charge is 2.47. The third kappa shape index (κ3) is 4.83. The van der Waals surface area contributed by atoms with Crippen LogP contribution in [0.5, 0.6) is 0 Å². The number of amides is 2. The van der Waals surface area contributed by atoms with E-state index in [-0.39, 0.29) is 25.0 Å². The molecule has 1 aliphatic carbocycles. The molecule has 2 aromatic carbocycles. The van der Waals surface area contributed by atoms with Gasteiger partial charge in [0, 0.05) is 12.7 Å². The number of hydrogen-bond acceptors (Lipinski definition) is 4. The molecule has 1 fully saturated rings. The lowest BCUT2D eigenvalue weighted by Gasteiger charge is -2.39. The van der Waals surface area contributed by atoms with Crippen molar-refractivity contribution in [2.45, 2.75) is 31.6 Å². The van der Waals surface area contributed by atoms with E-state index in [1.165, 1.54) is 11.9 Å². The van der Waals surface area contributed by atoms with Crippen molar-refractivity contribution in [3.63, 3.8) is 0 Å². The van der Waals surface area contributed by atoms with Gasteiger partial charge in [-0.05, 0) is 37.5 Å². The van der Waals surface area contributed by atoms with Crippen LogP contribution in [0.1, 0.15) is 30.4 Å². The Morgan fingerprint density at radius 3 is 2.28 bits per heavy atom. The van der Waals surface area contributed by atoms with Gasteiger partial charge in [-0.2, -0.15) is 0 Å². The van der Waals surface area contributed by atoms with Gasteiger partial charge in [-0.25, -0.2) is 0 Å². The van der Waals surface area contributed by atoms with Gasteiger partial charge >= 0.3 is 5.97 Å². The van der Waals surface area contributed by atoms with Gasteiger partial charge in [0.2, 0.25) is 5.91 Å². The van der Waals surface area contributed by atoms with E-state index >= 15 is 0 Å². The van der Waals surface area contributed by atoms with Crippen LogP contribution in [0.2, 0.25) is 0 Å². The first kappa shape index (κ1) is 20.6. The second-order valence-corrected chi connectivity index (χ2v) is 7.54. The predicted molar refractivity (Wildman–Crippen MR) is 110 cm³/mol. The highest BCUT2D eigenvalue weighted by molar-refractivity contribution is 5.95. The average Bonchev–Trinajstić information content (AvgIpc) is 2.67. The van der Waals surface area contributed by atoms with Crippen molar-refractivity contribution < 1.29 is 19.1 Å². The lowest BCUT2D eigenvalue weighted by atomic mass is 9.64. The molecule has 0 radical (unpaired) electrons. The van der Waals surface area contributed by atoms with Crippen molar-refractivity contribution in [2.75, 3.05) is 25.5 Å². The van der Waals surface area contributed by atoms with Gasteiger partial charge < -0.3 is 15.0 Å². The summed E-state index contributed by atoms with van der Waals surface area (Å²) < 4.78 is 5.34. The zero-order chi connectivity index (χ0) is 20.9. The van der Waals surface area contributed by atoms with Gasteiger partial charge in [0.1, 0.15) is 0 Å². The Morgan fingerprint density at radius 2 is 1.69 bits per heavy atom. The van der Waals surface area contributed by atoms with Crippen molar-refractivity contribution in [1.29, 1.82) is 0 Å². The Labute approximate surface area is 170 Å². The Bertz CT molecular complexity index is 874. The molecule has 0 saturated heterocycles. The van der Waals surface area contributed by atoms with E-state index in [9.17, 15) is 14.4 Å². The molecule has 0 spiro atoms. The molecule has 0 heterocycles. The van der Waals surface area contributed by atoms with Crippen molar-refractivity contribution in [2.24, 2.45) is 0 Å². The molecule has 0 aromatic heterocycles. The number of nitrogens with zero attached hydrogens (tertiary/aromatic N) is 1. The minimum atomic E-state index is -0.650. The fourth-order valence-electron chi connectivity index (χ4n) is 3.41. The van der Waals surface area contributed by atoms with Crippen LogP contribution in [-0.4, -0.2) is 42.9 Å². The first-order valence-electron chi connectivity index (χ1n) is 9.74. The van der Waals surface area contributed by atoms with Crippen molar-refractivity contribution in [3.05, 3.63) is 65.7 Å². The molecular weight excluding hydrogens is 368 g/mol. The summed E-state index contributed by atoms with van der Waals surface area (Å²) in [6.07, 6.45) is 2.40. The molecule has 1 saturated carbocycles. The van der Waals surface area contributed by atoms with Crippen LogP contribution in [0.3, 0.4) is 0 Å². The predicted octanol–water partition coefficient (Wildman–Crippen LogP) is 3.06. The van der Waals surface area contributed by atoms with Crippen molar-refractivity contribution in [3.8, 4) is 0 Å². The van der Waals surface area contributed by atoms with Gasteiger partial charge in [-0.3, -0.25) is 14.4 Å². The van der Waals surface area contributed by atoms with Crippen LogP contribution in [0.4, 0.5) is 5.69 Å². The monoisotopic (exact) mass is 394 g/mol. The number of likely N-dealkylation sites (N-methyl/N-ethyl adjacent to an activating group) is 1. The number of benzene rings is 2. The minimum absolute atomic E-state index is 0.117. The molecule has 6 nitrogen and oxygen atoms in total. The normalized spacial score (nSPS) is 14.4. The van der Waals surface area contributed by atoms with Gasteiger partial charge in [-0.1, -0.05) is 54.4 Å². The van der Waals surface area contributed by atoms with E-state index in [0.717, 1.165) is 30.4 Å². The lowest BCUT2D eigenvalue weighted by molar-refractivity contribution is -0.159. The maximum Gasteiger partial charge on any atom is 0.317 e. The summed E-state index contributed by atoms with van der Waals surface area (Å²) in [6, 6.07) is 16.9. The number of hydrogen-bond donors (Lipinski definition) is 1. The van der Waals surface area contributed by atoms with Crippen LogP contribution in [-0.2, 0) is 24.5 Å². The first-order chi connectivity index (χ1) is 13.9. The molecule has 0 unspecified atom stereocenters. The SMILES string of the molecule is Cc1ccc(NC(=O)CN(C)C(=O)COC(=O)C2(c3ccccc3)CCC2)cc1. The molecule has 2 aromatic rings. The summed E-state index contributed by atoms with van der Waals surface area (Å²) in [5.74, 6) is -1.10. The molecule has 6 heteroatoms. The summed E-state index contributed by atoms with van der Waals surface area (Å²) in [4.78, 5) is 38.4. The quantitative estimate of drug-likeness (QED) is 0.733. The molecule has 3 rings (SSSR count). The molecule has 1 N–H and O–H groups in total. The van der Waals surface area contributed by atoms with Crippen LogP contribution < -0.4 is 5.32 Å². The lowest BCUT2D eigenvalue weighted by Crippen LogP contribution is -2.45. The first-order valence-corrected chi connectivity index (χ1v) is 9.74. The van der Waals surface area contributed by atoms with E-state index < -0.39 is 11.3 Å². The molecule has 0 atom stereocenters. The molecule has 152 valence electrons. The third-order valence-electron chi connectivity index (χ3n) is 5.39. The number of rotatable bonds is 7. The highest BCUT2D eigenvalue weighted by atomic mass is 16.5. The van der Waals surface area contributed by atoms with Crippen LogP contribution in [0.25, 0.3) is 0 Å². The molecule has 2 amide bonds. The largest absolute Gasteiger partial charge is 0.455 e. The molecule has 0 bridgehead atoms. The zero-order valence-electron chi connectivity index (χ0n) is 16.8. The van der Waals surface area contributed by atoms with Gasteiger partial charge in [0.15, 0.2) is 6.61 Å². The fourth-order valence-corrected chi connectivity index (χ4v) is 3.41. The Balaban J connectivity index is 1.50. The molecule has 0 aliphatic heterocycles. The number of carbonyl (C=O) groups excluding carboxylic acids is 3. The third-order valence-corrected chi connectivity index (χ3v) is 5.39. The van der Waals surface area contributed by atoms with Crippen LogP contribution in [0.15, 0.2) is 54.6 Å². The minimum Gasteiger partial charge on any atom is -0.455 e. The zero-order valence-corrected chi connectivity index (χ0v) is 16.8. The summed E-state index contributed by atoms with van der Waals surface area (Å²) in [6.45, 7) is 1.47. The second-order valence-electron chi connectivity index (χ2n) is 7.54. The number of ether oxygens (including phenoxy) is 1. The maximum atomic E-state index is 12.7. The number of aryl methyl sites for hydroxylation is 1. The second kappa shape index (κ2) is 8.90. The Morgan fingerprint density at radius 1 is 1.03 bits per heavy atom. The summed E-state index contributed by atoms with van der Waals surface area (Å²) >= 11 is 0. The molecule has 1 aliphatic rings. The topological polar surface area (TPSA) is 75.7 Å². The van der Waals surface area contributed by atoms with Gasteiger partial charge in [-0.15, -0.1) is 0 Å². The number of anilines is 1. The Kier molecular flexibility index (Phi) is 6.32. The van der Waals surface area contributed by atoms with E-state index in [2.05, 4.69) is 5.32 Å². The van der Waals surface area contributed by atoms with Gasteiger partial charge in [0.05, 0.1) is 12.0 Å². The Hall–Kier alpha value is -3.15. The van der Waals surface area contributed by atoms with Crippen LogP contribution >= 0.6 is 0 Å². The van der Waals surface area contributed by atoms with Gasteiger partial charge in [0.25, 0.3) is 5.91 Å².